The Bertz CT molecular complexity index is 1080. The van der Waals surface area contributed by atoms with E-state index in [1.165, 1.54) is 5.56 Å². The van der Waals surface area contributed by atoms with Crippen molar-refractivity contribution >= 4 is 23.8 Å². The van der Waals surface area contributed by atoms with Crippen LogP contribution in [-0.2, 0) is 22.6 Å². The molecule has 2 heterocycles. The van der Waals surface area contributed by atoms with Crippen LogP contribution in [0.15, 0.2) is 48.5 Å². The van der Waals surface area contributed by atoms with Gasteiger partial charge in [-0.1, -0.05) is 48.0 Å². The summed E-state index contributed by atoms with van der Waals surface area (Å²) in [5, 5.41) is 10.3. The molecule has 1 saturated heterocycles. The summed E-state index contributed by atoms with van der Waals surface area (Å²) in [6.07, 6.45) is 0.304. The summed E-state index contributed by atoms with van der Waals surface area (Å²) < 4.78 is 7.81. The van der Waals surface area contributed by atoms with Crippen LogP contribution in [0.5, 0.6) is 0 Å². The molecular formula is C23H27N5O2S. The minimum absolute atomic E-state index is 0.0487. The fourth-order valence-electron chi connectivity index (χ4n) is 3.65. The summed E-state index contributed by atoms with van der Waals surface area (Å²) in [5.74, 6) is 0.693. The van der Waals surface area contributed by atoms with Crippen molar-refractivity contribution in [1.29, 1.82) is 0 Å². The monoisotopic (exact) mass is 437 g/mol. The van der Waals surface area contributed by atoms with Gasteiger partial charge in [0.2, 0.25) is 5.91 Å². The Hall–Kier alpha value is -2.81. The number of nitrogens with one attached hydrogen (secondary N) is 2. The number of ether oxygens (including phenoxy) is 1. The zero-order valence-electron chi connectivity index (χ0n) is 17.6. The number of aryl methyl sites for hydroxylation is 1. The fraction of sp³-hybridized carbons (Fsp3) is 0.348. The SMILES string of the molecule is Cc1ccc(-c2n[nH]c(=S)n2CCC(=O)Nc2ccccc2CN2CCOCC2)cc1. The van der Waals surface area contributed by atoms with E-state index in [0.717, 1.165) is 55.5 Å². The molecule has 2 N–H and O–H groups in total. The number of rotatable bonds is 7. The highest BCUT2D eigenvalue weighted by Crippen LogP contribution is 2.20. The predicted octanol–water partition coefficient (Wildman–Crippen LogP) is 3.78. The maximum atomic E-state index is 12.7. The first kappa shape index (κ1) is 21.4. The third-order valence-electron chi connectivity index (χ3n) is 5.42. The van der Waals surface area contributed by atoms with Gasteiger partial charge < -0.3 is 10.1 Å². The number of aromatic amines is 1. The van der Waals surface area contributed by atoms with E-state index in [1.54, 1.807) is 0 Å². The number of nitrogens with zero attached hydrogens (tertiary/aromatic N) is 3. The van der Waals surface area contributed by atoms with E-state index in [1.807, 2.05) is 54.0 Å². The first-order valence-electron chi connectivity index (χ1n) is 10.5. The molecule has 8 heteroatoms. The number of anilines is 1. The normalized spacial score (nSPS) is 14.5. The van der Waals surface area contributed by atoms with Crippen LogP contribution in [0.2, 0.25) is 0 Å². The van der Waals surface area contributed by atoms with Crippen LogP contribution in [-0.4, -0.2) is 51.9 Å². The second kappa shape index (κ2) is 10.00. The number of H-pyrrole nitrogens is 1. The van der Waals surface area contributed by atoms with Gasteiger partial charge in [0.25, 0.3) is 0 Å². The average molecular weight is 438 g/mol. The van der Waals surface area contributed by atoms with Crippen LogP contribution in [0, 0.1) is 11.7 Å². The molecule has 31 heavy (non-hydrogen) atoms. The van der Waals surface area contributed by atoms with Gasteiger partial charge in [-0.25, -0.2) is 0 Å². The van der Waals surface area contributed by atoms with Gasteiger partial charge >= 0.3 is 0 Å². The lowest BCUT2D eigenvalue weighted by Crippen LogP contribution is -2.35. The van der Waals surface area contributed by atoms with E-state index in [-0.39, 0.29) is 5.91 Å². The molecule has 7 nitrogen and oxygen atoms in total. The van der Waals surface area contributed by atoms with Gasteiger partial charge in [0.05, 0.1) is 13.2 Å². The van der Waals surface area contributed by atoms with Crippen LogP contribution >= 0.6 is 12.2 Å². The second-order valence-corrected chi connectivity index (χ2v) is 8.10. The summed E-state index contributed by atoms with van der Waals surface area (Å²) >= 11 is 5.39. The van der Waals surface area contributed by atoms with E-state index in [2.05, 4.69) is 26.5 Å². The Morgan fingerprint density at radius 1 is 1.16 bits per heavy atom. The average Bonchev–Trinajstić information content (AvgIpc) is 3.15. The Labute approximate surface area is 187 Å². The molecule has 2 aromatic carbocycles. The number of hydrogen-bond donors (Lipinski definition) is 2. The lowest BCUT2D eigenvalue weighted by Gasteiger charge is -2.27. The molecule has 0 radical (unpaired) electrons. The molecule has 1 aliphatic rings. The van der Waals surface area contributed by atoms with Crippen LogP contribution in [0.4, 0.5) is 5.69 Å². The zero-order valence-corrected chi connectivity index (χ0v) is 18.5. The van der Waals surface area contributed by atoms with Gasteiger partial charge in [-0.3, -0.25) is 19.4 Å². The Morgan fingerprint density at radius 2 is 1.90 bits per heavy atom. The van der Waals surface area contributed by atoms with Crippen LogP contribution in [0.1, 0.15) is 17.5 Å². The molecule has 0 bridgehead atoms. The van der Waals surface area contributed by atoms with Gasteiger partial charge in [-0.15, -0.1) is 0 Å². The molecule has 1 fully saturated rings. The molecule has 3 aromatic rings. The minimum atomic E-state index is -0.0487. The van der Waals surface area contributed by atoms with Crippen LogP contribution < -0.4 is 5.32 Å². The van der Waals surface area contributed by atoms with Crippen molar-refractivity contribution in [2.75, 3.05) is 31.6 Å². The van der Waals surface area contributed by atoms with Crippen molar-refractivity contribution in [2.24, 2.45) is 0 Å². The lowest BCUT2D eigenvalue weighted by atomic mass is 10.1. The molecule has 0 spiro atoms. The highest BCUT2D eigenvalue weighted by molar-refractivity contribution is 7.71. The van der Waals surface area contributed by atoms with Crippen molar-refractivity contribution in [2.45, 2.75) is 26.4 Å². The topological polar surface area (TPSA) is 75.2 Å². The largest absolute Gasteiger partial charge is 0.379 e. The van der Waals surface area contributed by atoms with E-state index in [9.17, 15) is 4.79 Å². The van der Waals surface area contributed by atoms with Crippen molar-refractivity contribution in [1.82, 2.24) is 19.7 Å². The standard InChI is InChI=1S/C23H27N5O2S/c1-17-6-8-18(9-7-17)22-25-26-23(31)28(22)11-10-21(29)24-20-5-3-2-4-19(20)16-27-12-14-30-15-13-27/h2-9H,10-16H2,1H3,(H,24,29)(H,26,31). The van der Waals surface area contributed by atoms with Crippen molar-refractivity contribution in [3.8, 4) is 11.4 Å². The van der Waals surface area contributed by atoms with Gasteiger partial charge in [0.1, 0.15) is 0 Å². The molecule has 0 aliphatic carbocycles. The number of aromatic nitrogens is 3. The summed E-state index contributed by atoms with van der Waals surface area (Å²) in [5.41, 5.74) is 4.11. The van der Waals surface area contributed by atoms with Crippen LogP contribution in [0.3, 0.4) is 0 Å². The fourth-order valence-corrected chi connectivity index (χ4v) is 3.88. The molecule has 0 unspecified atom stereocenters. The van der Waals surface area contributed by atoms with E-state index >= 15 is 0 Å². The first-order valence-corrected chi connectivity index (χ1v) is 10.9. The maximum Gasteiger partial charge on any atom is 0.226 e. The first-order chi connectivity index (χ1) is 15.1. The molecular weight excluding hydrogens is 410 g/mol. The highest BCUT2D eigenvalue weighted by Gasteiger charge is 2.15. The van der Waals surface area contributed by atoms with E-state index in [4.69, 9.17) is 17.0 Å². The number of benzene rings is 2. The zero-order chi connectivity index (χ0) is 21.6. The van der Waals surface area contributed by atoms with Crippen molar-refractivity contribution in [3.63, 3.8) is 0 Å². The van der Waals surface area contributed by atoms with Gasteiger partial charge in [-0.05, 0) is 30.8 Å². The number of carbonyl (C=O) groups is 1. The number of morpholine rings is 1. The predicted molar refractivity (Wildman–Crippen MR) is 123 cm³/mol. The Morgan fingerprint density at radius 3 is 2.68 bits per heavy atom. The Kier molecular flexibility index (Phi) is 6.91. The smallest absolute Gasteiger partial charge is 0.226 e. The maximum absolute atomic E-state index is 12.7. The molecule has 1 amide bonds. The van der Waals surface area contributed by atoms with Crippen molar-refractivity contribution in [3.05, 3.63) is 64.4 Å². The minimum Gasteiger partial charge on any atom is -0.379 e. The number of amides is 1. The van der Waals surface area contributed by atoms with Gasteiger partial charge in [0.15, 0.2) is 10.6 Å². The number of carbonyl (C=O) groups excluding carboxylic acids is 1. The summed E-state index contributed by atoms with van der Waals surface area (Å²) in [7, 11) is 0. The quantitative estimate of drug-likeness (QED) is 0.550. The molecule has 1 aromatic heterocycles. The molecule has 0 saturated carbocycles. The summed E-state index contributed by atoms with van der Waals surface area (Å²) in [4.78, 5) is 15.1. The third kappa shape index (κ3) is 5.46. The van der Waals surface area contributed by atoms with E-state index in [0.29, 0.717) is 17.7 Å². The number of hydrogen-bond acceptors (Lipinski definition) is 5. The lowest BCUT2D eigenvalue weighted by molar-refractivity contribution is -0.116. The summed E-state index contributed by atoms with van der Waals surface area (Å²) in [6, 6.07) is 16.1. The van der Waals surface area contributed by atoms with Gasteiger partial charge in [-0.2, -0.15) is 5.10 Å². The molecule has 0 atom stereocenters. The van der Waals surface area contributed by atoms with Crippen molar-refractivity contribution < 1.29 is 9.53 Å². The third-order valence-corrected chi connectivity index (χ3v) is 5.73. The number of para-hydroxylation sites is 1. The highest BCUT2D eigenvalue weighted by atomic mass is 32.1. The van der Waals surface area contributed by atoms with Crippen LogP contribution in [0.25, 0.3) is 11.4 Å². The Balaban J connectivity index is 1.41. The second-order valence-electron chi connectivity index (χ2n) is 7.71. The molecule has 1 aliphatic heterocycles. The molecule has 4 rings (SSSR count). The molecule has 162 valence electrons. The summed E-state index contributed by atoms with van der Waals surface area (Å²) in [6.45, 7) is 6.61. The van der Waals surface area contributed by atoms with E-state index < -0.39 is 0 Å². The van der Waals surface area contributed by atoms with Gasteiger partial charge in [0, 0.05) is 43.9 Å².